The normalized spacial score (nSPS) is 23.8. The fourth-order valence-corrected chi connectivity index (χ4v) is 4.14. The second-order valence-electron chi connectivity index (χ2n) is 8.62. The molecule has 4 rings (SSSR count). The second-order valence-corrected chi connectivity index (χ2v) is 8.62. The molecule has 2 aromatic rings. The van der Waals surface area contributed by atoms with Crippen LogP contribution in [0.5, 0.6) is 0 Å². The summed E-state index contributed by atoms with van der Waals surface area (Å²) in [5, 5.41) is 17.3. The highest BCUT2D eigenvalue weighted by molar-refractivity contribution is 5.98. The van der Waals surface area contributed by atoms with Gasteiger partial charge in [0.15, 0.2) is 11.4 Å². The number of nitrogens with two attached hydrogens (primary N) is 1. The van der Waals surface area contributed by atoms with Crippen molar-refractivity contribution in [3.8, 4) is 6.07 Å². The topological polar surface area (TPSA) is 136 Å². The molecule has 3 heterocycles. The van der Waals surface area contributed by atoms with E-state index in [0.29, 0.717) is 31.9 Å². The predicted molar refractivity (Wildman–Crippen MR) is 115 cm³/mol. The van der Waals surface area contributed by atoms with Gasteiger partial charge in [-0.15, -0.1) is 0 Å². The summed E-state index contributed by atoms with van der Waals surface area (Å²) in [5.74, 6) is -1.48. The molecule has 3 atom stereocenters. The number of benzene rings is 1. The quantitative estimate of drug-likeness (QED) is 0.706. The van der Waals surface area contributed by atoms with Gasteiger partial charge in [0.1, 0.15) is 11.4 Å². The van der Waals surface area contributed by atoms with Crippen LogP contribution in [0.3, 0.4) is 0 Å². The van der Waals surface area contributed by atoms with Crippen LogP contribution >= 0.6 is 0 Å². The number of nitrogens with zero attached hydrogens (tertiary/aromatic N) is 4. The van der Waals surface area contributed by atoms with Crippen LogP contribution in [0.25, 0.3) is 0 Å². The van der Waals surface area contributed by atoms with Crippen LogP contribution in [-0.4, -0.2) is 58.1 Å². The molecule has 10 nitrogen and oxygen atoms in total. The van der Waals surface area contributed by atoms with Gasteiger partial charge >= 0.3 is 6.09 Å². The third kappa shape index (κ3) is 4.47. The number of anilines is 2. The first-order valence-corrected chi connectivity index (χ1v) is 10.6. The number of carbonyl (C=O) groups is 2. The predicted octanol–water partition coefficient (Wildman–Crippen LogP) is 2.57. The molecular formula is C22H25FN6O4. The highest BCUT2D eigenvalue weighted by atomic mass is 19.1. The van der Waals surface area contributed by atoms with E-state index in [1.807, 2.05) is 0 Å². The molecule has 0 radical (unpaired) electrons. The minimum Gasteiger partial charge on any atom is -0.438 e. The largest absolute Gasteiger partial charge is 0.438 e. The van der Waals surface area contributed by atoms with Crippen molar-refractivity contribution in [2.24, 2.45) is 11.7 Å². The van der Waals surface area contributed by atoms with Gasteiger partial charge in [-0.2, -0.15) is 10.4 Å². The molecule has 2 fully saturated rings. The zero-order valence-electron chi connectivity index (χ0n) is 18.3. The molecule has 0 bridgehead atoms. The van der Waals surface area contributed by atoms with Crippen LogP contribution in [0.1, 0.15) is 36.7 Å². The second kappa shape index (κ2) is 8.71. The number of likely N-dealkylation sites (tertiary alicyclic amines) is 1. The molecule has 0 aliphatic carbocycles. The van der Waals surface area contributed by atoms with Crippen LogP contribution in [0.15, 0.2) is 30.5 Å². The number of rotatable bonds is 5. The van der Waals surface area contributed by atoms with E-state index in [2.05, 4.69) is 16.5 Å². The van der Waals surface area contributed by atoms with Crippen LogP contribution < -0.4 is 11.1 Å². The van der Waals surface area contributed by atoms with Crippen molar-refractivity contribution in [1.29, 1.82) is 5.26 Å². The van der Waals surface area contributed by atoms with Crippen LogP contribution in [0, 0.1) is 23.1 Å². The molecule has 11 heteroatoms. The summed E-state index contributed by atoms with van der Waals surface area (Å²) < 4.78 is 25.5. The Kier molecular flexibility index (Phi) is 5.95. The maximum atomic E-state index is 13.2. The third-order valence-electron chi connectivity index (χ3n) is 6.07. The Balaban J connectivity index is 1.54. The number of piperidine rings is 1. The minimum atomic E-state index is -0.690. The Labute approximate surface area is 190 Å². The van der Waals surface area contributed by atoms with Crippen molar-refractivity contribution < 1.29 is 23.5 Å². The lowest BCUT2D eigenvalue weighted by Gasteiger charge is -2.43. The smallest absolute Gasteiger partial charge is 0.410 e. The highest BCUT2D eigenvalue weighted by Crippen LogP contribution is 2.35. The molecule has 1 aromatic heterocycles. The molecule has 2 aliphatic rings. The fourth-order valence-electron chi connectivity index (χ4n) is 4.14. The van der Waals surface area contributed by atoms with Crippen molar-refractivity contribution in [3.05, 3.63) is 41.8 Å². The number of primary amides is 1. The highest BCUT2D eigenvalue weighted by Gasteiger charge is 2.44. The van der Waals surface area contributed by atoms with E-state index < -0.39 is 41.4 Å². The van der Waals surface area contributed by atoms with Crippen LogP contribution in [-0.2, 0) is 9.47 Å². The Morgan fingerprint density at radius 2 is 2.06 bits per heavy atom. The van der Waals surface area contributed by atoms with Gasteiger partial charge in [0.05, 0.1) is 37.3 Å². The van der Waals surface area contributed by atoms with Gasteiger partial charge in [-0.05, 0) is 44.5 Å². The van der Waals surface area contributed by atoms with Gasteiger partial charge in [-0.1, -0.05) is 0 Å². The summed E-state index contributed by atoms with van der Waals surface area (Å²) >= 11 is 0. The molecule has 33 heavy (non-hydrogen) atoms. The number of aromatic nitrogens is 2. The molecule has 2 saturated heterocycles. The Morgan fingerprint density at radius 1 is 1.36 bits per heavy atom. The first kappa shape index (κ1) is 22.5. The maximum absolute atomic E-state index is 13.2. The molecule has 3 N–H and O–H groups in total. The van der Waals surface area contributed by atoms with Crippen molar-refractivity contribution >= 4 is 23.5 Å². The zero-order chi connectivity index (χ0) is 23.8. The number of nitriles is 1. The number of hydrogen-bond donors (Lipinski definition) is 2. The van der Waals surface area contributed by atoms with Crippen molar-refractivity contribution in [3.63, 3.8) is 0 Å². The monoisotopic (exact) mass is 456 g/mol. The van der Waals surface area contributed by atoms with Gasteiger partial charge < -0.3 is 25.4 Å². The standard InChI is InChI=1S/C22H25FN6O4/c1-13-16(9-24)18(7-8-28(13)21(31)33-22(2)11-32-12-22)29-10-17(19(25)30)20(27-29)26-15-5-3-14(23)4-6-15/h3-6,10,13,16,18H,7-8,11-12H2,1-2H3,(H2,25,30)(H,26,27). The van der Waals surface area contributed by atoms with E-state index in [1.165, 1.54) is 30.5 Å². The first-order valence-electron chi connectivity index (χ1n) is 10.6. The van der Waals surface area contributed by atoms with E-state index in [9.17, 15) is 19.2 Å². The fraction of sp³-hybridized carbons (Fsp3) is 0.455. The average molecular weight is 456 g/mol. The average Bonchev–Trinajstić information content (AvgIpc) is 3.17. The summed E-state index contributed by atoms with van der Waals surface area (Å²) in [7, 11) is 0. The van der Waals surface area contributed by atoms with Crippen molar-refractivity contribution in [2.45, 2.75) is 38.0 Å². The van der Waals surface area contributed by atoms with Crippen molar-refractivity contribution in [2.75, 3.05) is 25.1 Å². The zero-order valence-corrected chi connectivity index (χ0v) is 18.3. The molecule has 2 aliphatic heterocycles. The van der Waals surface area contributed by atoms with Crippen LogP contribution in [0.2, 0.25) is 0 Å². The number of amides is 2. The van der Waals surface area contributed by atoms with E-state index in [-0.39, 0.29) is 11.4 Å². The lowest BCUT2D eigenvalue weighted by Crippen LogP contribution is -2.56. The van der Waals surface area contributed by atoms with E-state index >= 15 is 0 Å². The number of halogens is 1. The Bertz CT molecular complexity index is 1090. The summed E-state index contributed by atoms with van der Waals surface area (Å²) in [6.07, 6.45) is 1.45. The Morgan fingerprint density at radius 3 is 2.64 bits per heavy atom. The van der Waals surface area contributed by atoms with E-state index in [1.54, 1.807) is 23.4 Å². The lowest BCUT2D eigenvalue weighted by atomic mass is 9.87. The number of nitrogens with one attached hydrogen (secondary N) is 1. The third-order valence-corrected chi connectivity index (χ3v) is 6.07. The van der Waals surface area contributed by atoms with Gasteiger partial charge in [0.25, 0.3) is 5.91 Å². The molecule has 2 amide bonds. The first-order chi connectivity index (χ1) is 15.7. The number of hydrogen-bond acceptors (Lipinski definition) is 7. The molecule has 3 unspecified atom stereocenters. The van der Waals surface area contributed by atoms with E-state index in [0.717, 1.165) is 0 Å². The molecular weight excluding hydrogens is 431 g/mol. The molecule has 0 spiro atoms. The van der Waals surface area contributed by atoms with E-state index in [4.69, 9.17) is 15.2 Å². The number of carbonyl (C=O) groups excluding carboxylic acids is 2. The summed E-state index contributed by atoms with van der Waals surface area (Å²) in [6, 6.07) is 7.03. The summed E-state index contributed by atoms with van der Waals surface area (Å²) in [5.41, 5.74) is 5.56. The Hall–Kier alpha value is -3.65. The van der Waals surface area contributed by atoms with Gasteiger partial charge in [0.2, 0.25) is 0 Å². The van der Waals surface area contributed by atoms with Gasteiger partial charge in [-0.25, -0.2) is 9.18 Å². The number of ether oxygens (including phenoxy) is 2. The molecule has 1 aromatic carbocycles. The van der Waals surface area contributed by atoms with Crippen molar-refractivity contribution in [1.82, 2.24) is 14.7 Å². The summed E-state index contributed by atoms with van der Waals surface area (Å²) in [6.45, 7) is 4.64. The lowest BCUT2D eigenvalue weighted by molar-refractivity contribution is -0.174. The summed E-state index contributed by atoms with van der Waals surface area (Å²) in [4.78, 5) is 26.3. The van der Waals surface area contributed by atoms with Gasteiger partial charge in [-0.3, -0.25) is 9.48 Å². The van der Waals surface area contributed by atoms with Crippen LogP contribution in [0.4, 0.5) is 20.7 Å². The molecule has 174 valence electrons. The maximum Gasteiger partial charge on any atom is 0.410 e. The molecule has 0 saturated carbocycles. The minimum absolute atomic E-state index is 0.142. The van der Waals surface area contributed by atoms with Gasteiger partial charge in [0, 0.05) is 18.4 Å². The SMILES string of the molecule is CC1C(C#N)C(n2cc(C(N)=O)c(Nc3ccc(F)cc3)n2)CCN1C(=O)OC1(C)COC1.